The molecule has 0 saturated carbocycles. The van der Waals surface area contributed by atoms with Crippen LogP contribution >= 0.6 is 11.8 Å². The first-order valence-corrected chi connectivity index (χ1v) is 6.95. The van der Waals surface area contributed by atoms with Gasteiger partial charge >= 0.3 is 0 Å². The monoisotopic (exact) mass is 226 g/mol. The lowest BCUT2D eigenvalue weighted by atomic mass is 10.3. The van der Waals surface area contributed by atoms with Crippen molar-refractivity contribution < 1.29 is 0 Å². The predicted molar refractivity (Wildman–Crippen MR) is 69.4 cm³/mol. The first-order chi connectivity index (χ1) is 7.36. The number of rotatable bonds is 8. The first kappa shape index (κ1) is 12.7. The number of thioether (sulfide) groups is 1. The summed E-state index contributed by atoms with van der Waals surface area (Å²) in [7, 11) is 0. The molecule has 0 aliphatic rings. The van der Waals surface area contributed by atoms with Crippen molar-refractivity contribution in [3.05, 3.63) is 24.0 Å². The number of aromatic nitrogens is 1. The normalized spacial score (nSPS) is 10.8. The minimum atomic E-state index is 1.00. The van der Waals surface area contributed by atoms with Crippen molar-refractivity contribution >= 4 is 11.8 Å². The highest BCUT2D eigenvalue weighted by atomic mass is 32.2. The maximum Gasteiger partial charge on any atom is 0.0310 e. The average molecular weight is 226 g/mol. The summed E-state index contributed by atoms with van der Waals surface area (Å²) in [6, 6.07) is 2.21. The molecule has 1 rings (SSSR count). The highest BCUT2D eigenvalue weighted by Crippen LogP contribution is 2.04. The summed E-state index contributed by atoms with van der Waals surface area (Å²) < 4.78 is 2.28. The first-order valence-electron chi connectivity index (χ1n) is 5.80. The van der Waals surface area contributed by atoms with Crippen LogP contribution in [0.1, 0.15) is 25.8 Å². The fraction of sp³-hybridized carbons (Fsp3) is 0.667. The Balaban J connectivity index is 2.23. The second kappa shape index (κ2) is 7.83. The molecule has 0 fully saturated rings. The van der Waals surface area contributed by atoms with E-state index in [-0.39, 0.29) is 0 Å². The molecule has 86 valence electrons. The van der Waals surface area contributed by atoms with Gasteiger partial charge in [-0.2, -0.15) is 11.8 Å². The van der Waals surface area contributed by atoms with Gasteiger partial charge < -0.3 is 9.88 Å². The van der Waals surface area contributed by atoms with Crippen LogP contribution in [0.5, 0.6) is 0 Å². The fourth-order valence-electron chi connectivity index (χ4n) is 1.46. The van der Waals surface area contributed by atoms with Crippen molar-refractivity contribution in [2.75, 3.05) is 18.1 Å². The minimum Gasteiger partial charge on any atom is -0.353 e. The Hall–Kier alpha value is -0.410. The van der Waals surface area contributed by atoms with Gasteiger partial charge in [-0.25, -0.2) is 0 Å². The fourth-order valence-corrected chi connectivity index (χ4v) is 2.09. The zero-order chi connectivity index (χ0) is 10.9. The van der Waals surface area contributed by atoms with Crippen LogP contribution in [0.25, 0.3) is 0 Å². The van der Waals surface area contributed by atoms with Crippen LogP contribution in [0.2, 0.25) is 0 Å². The Morgan fingerprint density at radius 3 is 3.00 bits per heavy atom. The van der Waals surface area contributed by atoms with Gasteiger partial charge in [0.1, 0.15) is 0 Å². The van der Waals surface area contributed by atoms with E-state index in [1.807, 2.05) is 11.8 Å². The van der Waals surface area contributed by atoms with Crippen LogP contribution in [0.4, 0.5) is 0 Å². The standard InChI is InChI=1S/C12H22N2S/c1-3-6-13-10-12-5-7-14(11-12)8-9-15-4-2/h5,7,11,13H,3-4,6,8-10H2,1-2H3. The number of hydrogen-bond acceptors (Lipinski definition) is 2. The van der Waals surface area contributed by atoms with Gasteiger partial charge in [-0.05, 0) is 30.3 Å². The van der Waals surface area contributed by atoms with Crippen molar-refractivity contribution in [1.29, 1.82) is 0 Å². The third kappa shape index (κ3) is 5.28. The van der Waals surface area contributed by atoms with Crippen LogP contribution in [-0.2, 0) is 13.1 Å². The summed E-state index contributed by atoms with van der Waals surface area (Å²) in [4.78, 5) is 0. The smallest absolute Gasteiger partial charge is 0.0310 e. The number of aryl methyl sites for hydroxylation is 1. The molecule has 15 heavy (non-hydrogen) atoms. The predicted octanol–water partition coefficient (Wildman–Crippen LogP) is 2.74. The van der Waals surface area contributed by atoms with Gasteiger partial charge in [0.05, 0.1) is 0 Å². The molecule has 1 aromatic heterocycles. The van der Waals surface area contributed by atoms with E-state index in [1.54, 1.807) is 0 Å². The summed E-state index contributed by atoms with van der Waals surface area (Å²) in [5.41, 5.74) is 1.39. The van der Waals surface area contributed by atoms with Gasteiger partial charge in [0, 0.05) is 31.2 Å². The van der Waals surface area contributed by atoms with E-state index in [0.29, 0.717) is 0 Å². The summed E-state index contributed by atoms with van der Waals surface area (Å²) in [5, 5.41) is 3.41. The van der Waals surface area contributed by atoms with Crippen LogP contribution in [-0.4, -0.2) is 22.6 Å². The molecule has 3 heteroatoms. The molecule has 0 atom stereocenters. The van der Waals surface area contributed by atoms with Crippen molar-refractivity contribution in [1.82, 2.24) is 9.88 Å². The number of nitrogens with one attached hydrogen (secondary N) is 1. The molecule has 0 radical (unpaired) electrons. The molecule has 1 N–H and O–H groups in total. The van der Waals surface area contributed by atoms with Crippen molar-refractivity contribution in [3.63, 3.8) is 0 Å². The maximum atomic E-state index is 3.41. The lowest BCUT2D eigenvalue weighted by Crippen LogP contribution is -2.13. The van der Waals surface area contributed by atoms with E-state index < -0.39 is 0 Å². The molecule has 1 aromatic rings. The number of hydrogen-bond donors (Lipinski definition) is 1. The Morgan fingerprint density at radius 1 is 1.40 bits per heavy atom. The van der Waals surface area contributed by atoms with Crippen LogP contribution in [0, 0.1) is 0 Å². The van der Waals surface area contributed by atoms with Crippen molar-refractivity contribution in [2.45, 2.75) is 33.4 Å². The van der Waals surface area contributed by atoms with E-state index in [9.17, 15) is 0 Å². The Bertz CT molecular complexity index is 233. The Kier molecular flexibility index (Phi) is 6.60. The van der Waals surface area contributed by atoms with E-state index in [4.69, 9.17) is 0 Å². The minimum absolute atomic E-state index is 1.00. The van der Waals surface area contributed by atoms with E-state index in [0.717, 1.165) is 19.6 Å². The molecule has 0 bridgehead atoms. The zero-order valence-corrected chi connectivity index (χ0v) is 10.6. The topological polar surface area (TPSA) is 17.0 Å². The summed E-state index contributed by atoms with van der Waals surface area (Å²) >= 11 is 2.00. The molecule has 0 spiro atoms. The average Bonchev–Trinajstić information content (AvgIpc) is 2.67. The third-order valence-corrected chi connectivity index (χ3v) is 3.15. The summed E-state index contributed by atoms with van der Waals surface area (Å²) in [5.74, 6) is 2.43. The molecular formula is C12H22N2S. The van der Waals surface area contributed by atoms with Crippen LogP contribution in [0.15, 0.2) is 18.5 Å². The van der Waals surface area contributed by atoms with E-state index in [1.165, 1.54) is 23.5 Å². The Labute approximate surface area is 97.4 Å². The molecule has 0 saturated heterocycles. The van der Waals surface area contributed by atoms with Gasteiger partial charge in [-0.15, -0.1) is 0 Å². The lowest BCUT2D eigenvalue weighted by molar-refractivity contribution is 0.672. The molecule has 0 aliphatic heterocycles. The van der Waals surface area contributed by atoms with E-state index >= 15 is 0 Å². The van der Waals surface area contributed by atoms with Gasteiger partial charge in [0.25, 0.3) is 0 Å². The molecule has 0 aliphatic carbocycles. The molecule has 0 aromatic carbocycles. The molecule has 0 unspecified atom stereocenters. The summed E-state index contributed by atoms with van der Waals surface area (Å²) in [6.07, 6.45) is 5.63. The SMILES string of the molecule is CCCNCc1ccn(CCSCC)c1. The molecule has 2 nitrogen and oxygen atoms in total. The van der Waals surface area contributed by atoms with Crippen LogP contribution < -0.4 is 5.32 Å². The largest absolute Gasteiger partial charge is 0.353 e. The van der Waals surface area contributed by atoms with Gasteiger partial charge in [0.2, 0.25) is 0 Å². The highest BCUT2D eigenvalue weighted by Gasteiger charge is 1.96. The van der Waals surface area contributed by atoms with Gasteiger partial charge in [-0.3, -0.25) is 0 Å². The Morgan fingerprint density at radius 2 is 2.27 bits per heavy atom. The molecule has 0 amide bonds. The highest BCUT2D eigenvalue weighted by molar-refractivity contribution is 7.99. The molecular weight excluding hydrogens is 204 g/mol. The zero-order valence-electron chi connectivity index (χ0n) is 9.83. The van der Waals surface area contributed by atoms with Crippen molar-refractivity contribution in [2.24, 2.45) is 0 Å². The quantitative estimate of drug-likeness (QED) is 0.686. The van der Waals surface area contributed by atoms with Crippen molar-refractivity contribution in [3.8, 4) is 0 Å². The number of nitrogens with zero attached hydrogens (tertiary/aromatic N) is 1. The van der Waals surface area contributed by atoms with Crippen LogP contribution in [0.3, 0.4) is 0 Å². The van der Waals surface area contributed by atoms with Gasteiger partial charge in [-0.1, -0.05) is 13.8 Å². The maximum absolute atomic E-state index is 3.41. The lowest BCUT2D eigenvalue weighted by Gasteiger charge is -2.02. The summed E-state index contributed by atoms with van der Waals surface area (Å²) in [6.45, 7) is 7.64. The van der Waals surface area contributed by atoms with E-state index in [2.05, 4.69) is 42.2 Å². The molecule has 1 heterocycles. The van der Waals surface area contributed by atoms with Gasteiger partial charge in [0.15, 0.2) is 0 Å². The third-order valence-electron chi connectivity index (χ3n) is 2.27. The second-order valence-electron chi connectivity index (χ2n) is 3.63. The second-order valence-corrected chi connectivity index (χ2v) is 5.03.